The summed E-state index contributed by atoms with van der Waals surface area (Å²) in [5.41, 5.74) is 1.25. The van der Waals surface area contributed by atoms with Crippen molar-refractivity contribution in [3.8, 4) is 0 Å². The third-order valence-electron chi connectivity index (χ3n) is 7.06. The molecule has 2 saturated heterocycles. The van der Waals surface area contributed by atoms with Gasteiger partial charge < -0.3 is 24.4 Å². The van der Waals surface area contributed by atoms with Crippen LogP contribution in [0.15, 0.2) is 60.4 Å². The van der Waals surface area contributed by atoms with Gasteiger partial charge in [0.1, 0.15) is 18.9 Å². The van der Waals surface area contributed by atoms with E-state index in [2.05, 4.69) is 18.1 Å². The molecule has 6 atom stereocenters. The Bertz CT molecular complexity index is 1090. The Morgan fingerprint density at radius 1 is 1.30 bits per heavy atom. The predicted molar refractivity (Wildman–Crippen MR) is 139 cm³/mol. The lowest BCUT2D eigenvalue weighted by atomic mass is 9.79. The van der Waals surface area contributed by atoms with Gasteiger partial charge >= 0.3 is 12.1 Å². The fourth-order valence-electron chi connectivity index (χ4n) is 5.43. The average molecular weight is 528 g/mol. The van der Waals surface area contributed by atoms with E-state index in [-0.39, 0.29) is 48.1 Å². The van der Waals surface area contributed by atoms with Crippen molar-refractivity contribution >= 4 is 29.7 Å². The number of ether oxygens (including phenoxy) is 2. The molecule has 2 amide bonds. The number of β-lactam (4-membered cyclic amide) rings is 1. The third kappa shape index (κ3) is 5.31. The molecule has 0 unspecified atom stereocenters. The number of carbonyl (C=O) groups excluding carboxylic acids is 3. The van der Waals surface area contributed by atoms with Crippen LogP contribution in [0, 0.1) is 11.8 Å². The molecule has 198 valence electrons. The number of fused-ring (bicyclic) bond motifs is 1. The smallest absolute Gasteiger partial charge is 0.410 e. The third-order valence-corrected chi connectivity index (χ3v) is 8.55. The number of hydrogen-bond donors (Lipinski definition) is 1. The lowest BCUT2D eigenvalue weighted by molar-refractivity contribution is -0.164. The van der Waals surface area contributed by atoms with Crippen molar-refractivity contribution in [1.29, 1.82) is 0 Å². The number of aliphatic hydroxyl groups is 1. The zero-order valence-corrected chi connectivity index (χ0v) is 21.9. The molecule has 37 heavy (non-hydrogen) atoms. The van der Waals surface area contributed by atoms with Crippen LogP contribution < -0.4 is 0 Å². The van der Waals surface area contributed by atoms with Crippen molar-refractivity contribution in [3.63, 3.8) is 0 Å². The maximum absolute atomic E-state index is 13.0. The van der Waals surface area contributed by atoms with Gasteiger partial charge in [-0.05, 0) is 31.4 Å². The van der Waals surface area contributed by atoms with Crippen molar-refractivity contribution in [2.75, 3.05) is 19.8 Å². The molecule has 1 N–H and O–H groups in total. The Hall–Kier alpha value is -3.11. The summed E-state index contributed by atoms with van der Waals surface area (Å²) in [4.78, 5) is 47.0. The first kappa shape index (κ1) is 26.9. The van der Waals surface area contributed by atoms with Gasteiger partial charge in [-0.25, -0.2) is 9.59 Å². The van der Waals surface area contributed by atoms with Gasteiger partial charge in [-0.2, -0.15) is 0 Å². The molecule has 0 bridgehead atoms. The zero-order valence-electron chi connectivity index (χ0n) is 21.1. The number of hydrogen-bond acceptors (Lipinski definition) is 8. The van der Waals surface area contributed by atoms with E-state index < -0.39 is 24.1 Å². The first-order valence-electron chi connectivity index (χ1n) is 12.4. The van der Waals surface area contributed by atoms with E-state index in [9.17, 15) is 19.5 Å². The normalized spacial score (nSPS) is 27.4. The number of pyridine rings is 1. The molecule has 4 rings (SSSR count). The zero-order chi connectivity index (χ0) is 26.7. The Kier molecular flexibility index (Phi) is 8.39. The summed E-state index contributed by atoms with van der Waals surface area (Å²) in [6, 6.07) is 3.42. The standard InChI is InChI=1S/C27H33N3O6S/c1-5-10-35-26(33)23-24(16(3)22-21(17(4)31)25(32)30(22)23)37-20-13-19(12-18-8-7-9-28-14-18)29(15-20)27(34)36-11-6-2/h5-9,14,16-17,19-22,31H,1-2,10-13,15H2,3-4H3/t16-,17-,19-,20+,21-,22-/m1/s1. The Labute approximate surface area is 221 Å². The lowest BCUT2D eigenvalue weighted by Gasteiger charge is -2.46. The van der Waals surface area contributed by atoms with E-state index in [4.69, 9.17) is 9.47 Å². The van der Waals surface area contributed by atoms with Gasteiger partial charge in [-0.3, -0.25) is 9.78 Å². The van der Waals surface area contributed by atoms with E-state index in [0.717, 1.165) is 10.5 Å². The van der Waals surface area contributed by atoms with Crippen LogP contribution >= 0.6 is 11.8 Å². The molecule has 1 aromatic heterocycles. The molecule has 3 aliphatic heterocycles. The van der Waals surface area contributed by atoms with E-state index >= 15 is 0 Å². The number of carbonyl (C=O) groups is 3. The van der Waals surface area contributed by atoms with Gasteiger partial charge in [-0.1, -0.05) is 38.3 Å². The van der Waals surface area contributed by atoms with Crippen LogP contribution in [0.1, 0.15) is 25.8 Å². The van der Waals surface area contributed by atoms with Crippen LogP contribution in [0.3, 0.4) is 0 Å². The molecule has 4 heterocycles. The summed E-state index contributed by atoms with van der Waals surface area (Å²) in [5, 5.41) is 10.2. The summed E-state index contributed by atoms with van der Waals surface area (Å²) in [6.45, 7) is 11.3. The van der Waals surface area contributed by atoms with Crippen molar-refractivity contribution in [2.45, 2.75) is 50.1 Å². The average Bonchev–Trinajstić information content (AvgIpc) is 3.38. The van der Waals surface area contributed by atoms with Crippen molar-refractivity contribution in [2.24, 2.45) is 11.8 Å². The summed E-state index contributed by atoms with van der Waals surface area (Å²) >= 11 is 1.51. The van der Waals surface area contributed by atoms with E-state index in [1.54, 1.807) is 24.2 Å². The minimum atomic E-state index is -0.823. The van der Waals surface area contributed by atoms with Gasteiger partial charge in [-0.15, -0.1) is 11.8 Å². The van der Waals surface area contributed by atoms with Gasteiger partial charge in [0.2, 0.25) is 5.91 Å². The second-order valence-electron chi connectivity index (χ2n) is 9.57. The van der Waals surface area contributed by atoms with Gasteiger partial charge in [0, 0.05) is 41.1 Å². The van der Waals surface area contributed by atoms with Gasteiger partial charge in [0.25, 0.3) is 0 Å². The minimum Gasteiger partial charge on any atom is -0.457 e. The molecule has 2 fully saturated rings. The number of aromatic nitrogens is 1. The quantitative estimate of drug-likeness (QED) is 0.281. The number of esters is 1. The molecule has 3 aliphatic rings. The number of aliphatic hydroxyl groups excluding tert-OH is 1. The van der Waals surface area contributed by atoms with Crippen LogP contribution in [-0.2, 0) is 25.5 Å². The molecule has 0 saturated carbocycles. The van der Waals surface area contributed by atoms with Crippen LogP contribution in [-0.4, -0.2) is 81.1 Å². The molecular formula is C27H33N3O6S. The Morgan fingerprint density at radius 2 is 2.03 bits per heavy atom. The minimum absolute atomic E-state index is 0.0285. The van der Waals surface area contributed by atoms with Crippen LogP contribution in [0.25, 0.3) is 0 Å². The highest BCUT2D eigenvalue weighted by Gasteiger charge is 2.60. The van der Waals surface area contributed by atoms with Gasteiger partial charge in [0.05, 0.1) is 18.1 Å². The SMILES string of the molecule is C=CCOC(=O)C1=C(S[C@H]2C[C@@H](Cc3cccnc3)N(C(=O)OCC=C)C2)[C@H](C)[C@@H]2[C@@H]([C@@H](C)O)C(=O)N12. The second kappa shape index (κ2) is 11.5. The number of rotatable bonds is 10. The van der Waals surface area contributed by atoms with Crippen LogP contribution in [0.2, 0.25) is 0 Å². The summed E-state index contributed by atoms with van der Waals surface area (Å²) in [6.07, 6.45) is 6.56. The molecule has 0 spiro atoms. The fraction of sp³-hybridized carbons (Fsp3) is 0.481. The van der Waals surface area contributed by atoms with Crippen molar-refractivity contribution in [1.82, 2.24) is 14.8 Å². The van der Waals surface area contributed by atoms with E-state index in [1.165, 1.54) is 28.8 Å². The Morgan fingerprint density at radius 3 is 2.68 bits per heavy atom. The predicted octanol–water partition coefficient (Wildman–Crippen LogP) is 2.92. The number of amides is 2. The first-order chi connectivity index (χ1) is 17.8. The van der Waals surface area contributed by atoms with Crippen LogP contribution in [0.4, 0.5) is 4.79 Å². The molecular weight excluding hydrogens is 494 g/mol. The van der Waals surface area contributed by atoms with Crippen molar-refractivity contribution in [3.05, 3.63) is 66.0 Å². The summed E-state index contributed by atoms with van der Waals surface area (Å²) in [7, 11) is 0. The molecule has 9 nitrogen and oxygen atoms in total. The lowest BCUT2D eigenvalue weighted by Crippen LogP contribution is -2.63. The Balaban J connectivity index is 1.59. The first-order valence-corrected chi connectivity index (χ1v) is 13.3. The maximum atomic E-state index is 13.0. The molecule has 1 aromatic rings. The number of nitrogens with zero attached hydrogens (tertiary/aromatic N) is 3. The second-order valence-corrected chi connectivity index (χ2v) is 10.9. The monoisotopic (exact) mass is 527 g/mol. The number of likely N-dealkylation sites (tertiary alicyclic amines) is 1. The van der Waals surface area contributed by atoms with E-state index in [0.29, 0.717) is 19.4 Å². The van der Waals surface area contributed by atoms with Gasteiger partial charge in [0.15, 0.2) is 0 Å². The van der Waals surface area contributed by atoms with Crippen molar-refractivity contribution < 1.29 is 29.0 Å². The summed E-state index contributed by atoms with van der Waals surface area (Å²) in [5.74, 6) is -1.58. The molecule has 0 aliphatic carbocycles. The number of thioether (sulfide) groups is 1. The fourth-order valence-corrected chi connectivity index (χ4v) is 6.99. The topological polar surface area (TPSA) is 109 Å². The summed E-state index contributed by atoms with van der Waals surface area (Å²) < 4.78 is 10.7. The molecule has 0 aromatic carbocycles. The molecule has 10 heteroatoms. The highest BCUT2D eigenvalue weighted by molar-refractivity contribution is 8.03. The highest BCUT2D eigenvalue weighted by atomic mass is 32.2. The molecule has 0 radical (unpaired) electrons. The van der Waals surface area contributed by atoms with E-state index in [1.807, 2.05) is 19.1 Å². The van der Waals surface area contributed by atoms with Crippen LogP contribution in [0.5, 0.6) is 0 Å². The maximum Gasteiger partial charge on any atom is 0.410 e. The highest BCUT2D eigenvalue weighted by Crippen LogP contribution is 2.52. The largest absolute Gasteiger partial charge is 0.457 e.